The summed E-state index contributed by atoms with van der Waals surface area (Å²) in [6.07, 6.45) is 0. The molecule has 1 aromatic carbocycles. The molecule has 0 saturated heterocycles. The molecule has 0 aliphatic heterocycles. The smallest absolute Gasteiger partial charge is 0.254 e. The molecule has 1 atom stereocenters. The molecule has 0 radical (unpaired) electrons. The Morgan fingerprint density at radius 2 is 2.21 bits per heavy atom. The highest BCUT2D eigenvalue weighted by atomic mass is 127. The molecule has 1 rings (SSSR count). The number of hydrogen-bond acceptors (Lipinski definition) is 2. The van der Waals surface area contributed by atoms with Gasteiger partial charge in [0.1, 0.15) is 5.82 Å². The summed E-state index contributed by atoms with van der Waals surface area (Å²) >= 11 is 6.88. The monoisotopic (exact) mass is 394 g/mol. The molecule has 1 amide bonds. The largest absolute Gasteiger partial charge is 0.393 e. The van der Waals surface area contributed by atoms with Crippen LogP contribution in [0.3, 0.4) is 0 Å². The van der Waals surface area contributed by atoms with Gasteiger partial charge in [0.05, 0.1) is 10.6 Å². The zero-order valence-corrected chi connectivity index (χ0v) is 13.8. The summed E-state index contributed by atoms with van der Waals surface area (Å²) in [6.45, 7) is 4.80. The number of rotatable bonds is 5. The van der Waals surface area contributed by atoms with Crippen molar-refractivity contribution in [2.75, 3.05) is 13.1 Å². The number of carbonyl (C=O) groups excluding carboxylic acids is 1. The van der Waals surface area contributed by atoms with Crippen LogP contribution in [-0.4, -0.2) is 28.9 Å². The number of thiocarbonyl (C=S) groups is 1. The average Bonchev–Trinajstić information content (AvgIpc) is 2.34. The summed E-state index contributed by atoms with van der Waals surface area (Å²) < 4.78 is 13.6. The molecule has 0 saturated carbocycles. The Hall–Kier alpha value is -0.760. The molecule has 2 N–H and O–H groups in total. The maximum atomic E-state index is 13.0. The van der Waals surface area contributed by atoms with Crippen LogP contribution in [0.5, 0.6) is 0 Å². The summed E-state index contributed by atoms with van der Waals surface area (Å²) in [5, 5.41) is 0. The maximum absolute atomic E-state index is 13.0. The molecule has 6 heteroatoms. The Kier molecular flexibility index (Phi) is 6.12. The molecule has 0 aliphatic rings. The van der Waals surface area contributed by atoms with E-state index in [1.807, 2.05) is 36.4 Å². The Bertz CT molecular complexity index is 496. The minimum Gasteiger partial charge on any atom is -0.393 e. The number of carbonyl (C=O) groups is 1. The third-order valence-electron chi connectivity index (χ3n) is 2.81. The third-order valence-corrected chi connectivity index (χ3v) is 4.11. The van der Waals surface area contributed by atoms with Gasteiger partial charge in [-0.2, -0.15) is 0 Å². The molecule has 3 nitrogen and oxygen atoms in total. The Balaban J connectivity index is 2.92. The van der Waals surface area contributed by atoms with Crippen LogP contribution in [0.25, 0.3) is 0 Å². The fourth-order valence-corrected chi connectivity index (χ4v) is 2.39. The normalized spacial score (nSPS) is 12.0. The van der Waals surface area contributed by atoms with Gasteiger partial charge < -0.3 is 10.6 Å². The lowest BCUT2D eigenvalue weighted by atomic mass is 10.1. The number of halogens is 2. The third kappa shape index (κ3) is 4.38. The highest BCUT2D eigenvalue weighted by molar-refractivity contribution is 14.1. The quantitative estimate of drug-likeness (QED) is 0.617. The van der Waals surface area contributed by atoms with E-state index >= 15 is 0 Å². The van der Waals surface area contributed by atoms with Crippen LogP contribution < -0.4 is 5.73 Å². The van der Waals surface area contributed by atoms with E-state index < -0.39 is 0 Å². The van der Waals surface area contributed by atoms with Crippen molar-refractivity contribution in [2.45, 2.75) is 13.8 Å². The second-order valence-electron chi connectivity index (χ2n) is 4.27. The number of amides is 1. The summed E-state index contributed by atoms with van der Waals surface area (Å²) in [5.74, 6) is -0.521. The van der Waals surface area contributed by atoms with Crippen LogP contribution in [0, 0.1) is 15.3 Å². The predicted octanol–water partition coefficient (Wildman–Crippen LogP) is 2.81. The highest BCUT2D eigenvalue weighted by Crippen LogP contribution is 2.17. The van der Waals surface area contributed by atoms with Crippen LogP contribution >= 0.6 is 34.8 Å². The fourth-order valence-electron chi connectivity index (χ4n) is 1.61. The lowest BCUT2D eigenvalue weighted by Gasteiger charge is -2.24. The van der Waals surface area contributed by atoms with Crippen molar-refractivity contribution in [1.82, 2.24) is 4.90 Å². The van der Waals surface area contributed by atoms with Crippen LogP contribution in [0.15, 0.2) is 18.2 Å². The molecular formula is C13H16FIN2OS. The van der Waals surface area contributed by atoms with Crippen molar-refractivity contribution in [2.24, 2.45) is 11.7 Å². The molecule has 1 aromatic rings. The molecular weight excluding hydrogens is 378 g/mol. The van der Waals surface area contributed by atoms with Gasteiger partial charge in [0.25, 0.3) is 5.91 Å². The van der Waals surface area contributed by atoms with E-state index in [9.17, 15) is 9.18 Å². The lowest BCUT2D eigenvalue weighted by molar-refractivity contribution is 0.0754. The molecule has 0 heterocycles. The summed E-state index contributed by atoms with van der Waals surface area (Å²) in [5.41, 5.74) is 6.07. The van der Waals surface area contributed by atoms with E-state index in [4.69, 9.17) is 18.0 Å². The zero-order valence-electron chi connectivity index (χ0n) is 10.8. The summed E-state index contributed by atoms with van der Waals surface area (Å²) in [6, 6.07) is 4.15. The van der Waals surface area contributed by atoms with Crippen LogP contribution in [0.1, 0.15) is 24.2 Å². The number of hydrogen-bond donors (Lipinski definition) is 1. The Morgan fingerprint density at radius 1 is 1.58 bits per heavy atom. The Morgan fingerprint density at radius 3 is 2.68 bits per heavy atom. The highest BCUT2D eigenvalue weighted by Gasteiger charge is 2.20. The van der Waals surface area contributed by atoms with Crippen molar-refractivity contribution in [3.8, 4) is 0 Å². The first-order chi connectivity index (χ1) is 8.86. The summed E-state index contributed by atoms with van der Waals surface area (Å²) in [4.78, 5) is 14.4. The van der Waals surface area contributed by atoms with E-state index in [-0.39, 0.29) is 17.6 Å². The number of nitrogens with zero attached hydrogens (tertiary/aromatic N) is 1. The molecule has 0 aromatic heterocycles. The second-order valence-corrected chi connectivity index (χ2v) is 5.90. The van der Waals surface area contributed by atoms with Gasteiger partial charge in [-0.25, -0.2) is 4.39 Å². The zero-order chi connectivity index (χ0) is 14.6. The van der Waals surface area contributed by atoms with Crippen LogP contribution in [-0.2, 0) is 0 Å². The van der Waals surface area contributed by atoms with Crippen molar-refractivity contribution in [3.05, 3.63) is 33.1 Å². The fraction of sp³-hybridized carbons (Fsp3) is 0.385. The van der Waals surface area contributed by atoms with Crippen molar-refractivity contribution in [1.29, 1.82) is 0 Å². The van der Waals surface area contributed by atoms with E-state index in [1.54, 1.807) is 4.90 Å². The number of nitrogens with two attached hydrogens (primary N) is 1. The average molecular weight is 394 g/mol. The first kappa shape index (κ1) is 16.3. The van der Waals surface area contributed by atoms with Gasteiger partial charge in [-0.05, 0) is 47.7 Å². The SMILES string of the molecule is CCN(CC(C)C(N)=S)C(=O)c1ccc(F)cc1I. The standard InChI is InChI=1S/C13H16FIN2OS/c1-3-17(7-8(2)12(16)19)13(18)10-5-4-9(14)6-11(10)15/h4-6,8H,3,7H2,1-2H3,(H2,16,19). The van der Waals surface area contributed by atoms with Gasteiger partial charge in [0, 0.05) is 22.6 Å². The predicted molar refractivity (Wildman–Crippen MR) is 86.6 cm³/mol. The van der Waals surface area contributed by atoms with E-state index in [2.05, 4.69) is 0 Å². The van der Waals surface area contributed by atoms with Crippen molar-refractivity contribution < 1.29 is 9.18 Å². The van der Waals surface area contributed by atoms with Gasteiger partial charge in [-0.15, -0.1) is 0 Å². The molecule has 19 heavy (non-hydrogen) atoms. The molecule has 104 valence electrons. The molecule has 1 unspecified atom stereocenters. The van der Waals surface area contributed by atoms with Crippen molar-refractivity contribution in [3.63, 3.8) is 0 Å². The molecule has 0 fully saturated rings. The van der Waals surface area contributed by atoms with Gasteiger partial charge in [-0.3, -0.25) is 4.79 Å². The van der Waals surface area contributed by atoms with E-state index in [1.165, 1.54) is 18.2 Å². The molecule has 0 bridgehead atoms. The van der Waals surface area contributed by atoms with E-state index in [0.29, 0.717) is 27.2 Å². The lowest BCUT2D eigenvalue weighted by Crippen LogP contribution is -2.38. The minimum absolute atomic E-state index is 0.0444. The Labute approximate surface area is 131 Å². The van der Waals surface area contributed by atoms with Crippen LogP contribution in [0.4, 0.5) is 4.39 Å². The van der Waals surface area contributed by atoms with E-state index in [0.717, 1.165) is 0 Å². The van der Waals surface area contributed by atoms with Gasteiger partial charge in [-0.1, -0.05) is 19.1 Å². The topological polar surface area (TPSA) is 46.3 Å². The van der Waals surface area contributed by atoms with Crippen molar-refractivity contribution >= 4 is 45.7 Å². The van der Waals surface area contributed by atoms with Crippen LogP contribution in [0.2, 0.25) is 0 Å². The maximum Gasteiger partial charge on any atom is 0.254 e. The minimum atomic E-state index is -0.347. The first-order valence-corrected chi connectivity index (χ1v) is 7.39. The van der Waals surface area contributed by atoms with Gasteiger partial charge >= 0.3 is 0 Å². The summed E-state index contributed by atoms with van der Waals surface area (Å²) in [7, 11) is 0. The first-order valence-electron chi connectivity index (χ1n) is 5.90. The van der Waals surface area contributed by atoms with Gasteiger partial charge in [0.15, 0.2) is 0 Å². The molecule has 0 spiro atoms. The van der Waals surface area contributed by atoms with Gasteiger partial charge in [0.2, 0.25) is 0 Å². The number of benzene rings is 1. The second kappa shape index (κ2) is 7.14. The molecule has 0 aliphatic carbocycles.